The van der Waals surface area contributed by atoms with Crippen molar-refractivity contribution >= 4 is 5.91 Å². The summed E-state index contributed by atoms with van der Waals surface area (Å²) < 4.78 is 5.61. The van der Waals surface area contributed by atoms with Crippen molar-refractivity contribution in [1.82, 2.24) is 5.32 Å². The van der Waals surface area contributed by atoms with E-state index in [2.05, 4.69) is 5.32 Å². The zero-order valence-electron chi connectivity index (χ0n) is 13.2. The Morgan fingerprint density at radius 2 is 1.83 bits per heavy atom. The van der Waals surface area contributed by atoms with Crippen LogP contribution in [-0.2, 0) is 16.9 Å². The van der Waals surface area contributed by atoms with E-state index in [1.165, 1.54) is 0 Å². The minimum atomic E-state index is -1.10. The SMILES string of the molecule is CC(O)(NCCOc1ccc(CC(N)=O)cc1)c1ccccc1. The van der Waals surface area contributed by atoms with Crippen LogP contribution in [0.15, 0.2) is 54.6 Å². The van der Waals surface area contributed by atoms with Gasteiger partial charge in [0.1, 0.15) is 18.1 Å². The van der Waals surface area contributed by atoms with Crippen LogP contribution < -0.4 is 15.8 Å². The first-order chi connectivity index (χ1) is 11.0. The van der Waals surface area contributed by atoms with E-state index in [9.17, 15) is 9.90 Å². The monoisotopic (exact) mass is 314 g/mol. The number of carbonyl (C=O) groups excluding carboxylic acids is 1. The second-order valence-corrected chi connectivity index (χ2v) is 5.50. The van der Waals surface area contributed by atoms with E-state index < -0.39 is 5.72 Å². The molecule has 0 aliphatic heterocycles. The molecule has 0 bridgehead atoms. The van der Waals surface area contributed by atoms with Gasteiger partial charge in [-0.3, -0.25) is 10.1 Å². The van der Waals surface area contributed by atoms with Crippen LogP contribution in [0.1, 0.15) is 18.1 Å². The maximum Gasteiger partial charge on any atom is 0.221 e. The Balaban J connectivity index is 1.78. The van der Waals surface area contributed by atoms with Crippen LogP contribution in [0.5, 0.6) is 5.75 Å². The lowest BCUT2D eigenvalue weighted by Crippen LogP contribution is -2.41. The number of rotatable bonds is 8. The lowest BCUT2D eigenvalue weighted by molar-refractivity contribution is -0.117. The van der Waals surface area contributed by atoms with Crippen molar-refractivity contribution in [3.63, 3.8) is 0 Å². The molecule has 4 N–H and O–H groups in total. The van der Waals surface area contributed by atoms with Crippen LogP contribution in [0.25, 0.3) is 0 Å². The van der Waals surface area contributed by atoms with Gasteiger partial charge >= 0.3 is 0 Å². The van der Waals surface area contributed by atoms with Crippen LogP contribution in [0, 0.1) is 0 Å². The highest BCUT2D eigenvalue weighted by Crippen LogP contribution is 2.16. The third-order valence-electron chi connectivity index (χ3n) is 3.48. The summed E-state index contributed by atoms with van der Waals surface area (Å²) in [4.78, 5) is 10.8. The van der Waals surface area contributed by atoms with E-state index in [0.717, 1.165) is 11.1 Å². The van der Waals surface area contributed by atoms with Crippen LogP contribution in [-0.4, -0.2) is 24.2 Å². The smallest absolute Gasteiger partial charge is 0.221 e. The molecule has 0 fully saturated rings. The van der Waals surface area contributed by atoms with Crippen molar-refractivity contribution in [3.05, 3.63) is 65.7 Å². The minimum Gasteiger partial charge on any atom is -0.492 e. The summed E-state index contributed by atoms with van der Waals surface area (Å²) in [5, 5.41) is 13.4. The number of hydrogen-bond donors (Lipinski definition) is 3. The van der Waals surface area contributed by atoms with Crippen molar-refractivity contribution in [2.75, 3.05) is 13.2 Å². The summed E-state index contributed by atoms with van der Waals surface area (Å²) in [6.07, 6.45) is 0.224. The molecule has 0 saturated carbocycles. The Kier molecular flexibility index (Phi) is 5.73. The van der Waals surface area contributed by atoms with Gasteiger partial charge in [0.25, 0.3) is 0 Å². The Labute approximate surface area is 136 Å². The van der Waals surface area contributed by atoms with Crippen molar-refractivity contribution < 1.29 is 14.6 Å². The van der Waals surface area contributed by atoms with E-state index in [1.54, 1.807) is 19.1 Å². The molecule has 2 aromatic carbocycles. The molecule has 0 aliphatic rings. The van der Waals surface area contributed by atoms with Gasteiger partial charge in [-0.05, 0) is 30.2 Å². The van der Waals surface area contributed by atoms with Crippen LogP contribution in [0.4, 0.5) is 0 Å². The number of benzene rings is 2. The largest absolute Gasteiger partial charge is 0.492 e. The fourth-order valence-corrected chi connectivity index (χ4v) is 2.23. The molecule has 1 atom stereocenters. The van der Waals surface area contributed by atoms with Crippen LogP contribution >= 0.6 is 0 Å². The zero-order valence-corrected chi connectivity index (χ0v) is 13.2. The van der Waals surface area contributed by atoms with Gasteiger partial charge in [-0.25, -0.2) is 0 Å². The molecule has 0 spiro atoms. The topological polar surface area (TPSA) is 84.6 Å². The van der Waals surface area contributed by atoms with Gasteiger partial charge in [0.15, 0.2) is 0 Å². The summed E-state index contributed by atoms with van der Waals surface area (Å²) >= 11 is 0. The molecule has 1 unspecified atom stereocenters. The molecular formula is C18H22N2O3. The highest BCUT2D eigenvalue weighted by Gasteiger charge is 2.21. The summed E-state index contributed by atoms with van der Waals surface area (Å²) in [6, 6.07) is 16.6. The normalized spacial score (nSPS) is 13.3. The molecule has 0 aromatic heterocycles. The number of ether oxygens (including phenoxy) is 1. The van der Waals surface area contributed by atoms with Gasteiger partial charge in [-0.15, -0.1) is 0 Å². The first kappa shape index (κ1) is 17.0. The van der Waals surface area contributed by atoms with Crippen molar-refractivity contribution in [1.29, 1.82) is 0 Å². The van der Waals surface area contributed by atoms with E-state index in [-0.39, 0.29) is 12.3 Å². The average Bonchev–Trinajstić information content (AvgIpc) is 2.53. The summed E-state index contributed by atoms with van der Waals surface area (Å²) in [6.45, 7) is 2.62. The van der Waals surface area contributed by atoms with Gasteiger partial charge in [0.2, 0.25) is 5.91 Å². The van der Waals surface area contributed by atoms with Crippen LogP contribution in [0.3, 0.4) is 0 Å². The molecule has 2 aromatic rings. The molecule has 0 heterocycles. The minimum absolute atomic E-state index is 0.224. The summed E-state index contributed by atoms with van der Waals surface area (Å²) in [7, 11) is 0. The molecule has 0 saturated heterocycles. The van der Waals surface area contributed by atoms with Gasteiger partial charge < -0.3 is 15.6 Å². The Hall–Kier alpha value is -2.37. The Morgan fingerprint density at radius 3 is 2.43 bits per heavy atom. The highest BCUT2D eigenvalue weighted by atomic mass is 16.5. The van der Waals surface area contributed by atoms with Crippen molar-refractivity contribution in [3.8, 4) is 5.75 Å². The molecular weight excluding hydrogens is 292 g/mol. The maximum absolute atomic E-state index is 10.8. The number of hydrogen-bond acceptors (Lipinski definition) is 4. The first-order valence-electron chi connectivity index (χ1n) is 7.50. The molecule has 0 radical (unpaired) electrons. The van der Waals surface area contributed by atoms with E-state index >= 15 is 0 Å². The predicted octanol–water partition coefficient (Wildman–Crippen LogP) is 1.55. The van der Waals surface area contributed by atoms with Crippen molar-refractivity contribution in [2.24, 2.45) is 5.73 Å². The fraction of sp³-hybridized carbons (Fsp3) is 0.278. The predicted molar refractivity (Wildman–Crippen MR) is 88.9 cm³/mol. The molecule has 23 heavy (non-hydrogen) atoms. The lowest BCUT2D eigenvalue weighted by atomic mass is 10.1. The van der Waals surface area contributed by atoms with Crippen LogP contribution in [0.2, 0.25) is 0 Å². The van der Waals surface area contributed by atoms with Gasteiger partial charge in [-0.1, -0.05) is 42.5 Å². The molecule has 122 valence electrons. The third kappa shape index (κ3) is 5.39. The second kappa shape index (κ2) is 7.76. The number of carbonyl (C=O) groups is 1. The second-order valence-electron chi connectivity index (χ2n) is 5.50. The maximum atomic E-state index is 10.8. The van der Waals surface area contributed by atoms with E-state index in [0.29, 0.717) is 18.9 Å². The molecule has 2 rings (SSSR count). The Morgan fingerprint density at radius 1 is 1.17 bits per heavy atom. The number of aliphatic hydroxyl groups is 1. The quantitative estimate of drug-likeness (QED) is 0.510. The summed E-state index contributed by atoms with van der Waals surface area (Å²) in [5.41, 5.74) is 5.70. The average molecular weight is 314 g/mol. The third-order valence-corrected chi connectivity index (χ3v) is 3.48. The standard InChI is InChI=1S/C18H22N2O3/c1-18(22,15-5-3-2-4-6-15)20-11-12-23-16-9-7-14(8-10-16)13-17(19)21/h2-10,20,22H,11-13H2,1H3,(H2,19,21). The number of amides is 1. The van der Waals surface area contributed by atoms with Gasteiger partial charge in [0, 0.05) is 6.54 Å². The van der Waals surface area contributed by atoms with Gasteiger partial charge in [0.05, 0.1) is 6.42 Å². The first-order valence-corrected chi connectivity index (χ1v) is 7.50. The van der Waals surface area contributed by atoms with Crippen molar-refractivity contribution in [2.45, 2.75) is 19.1 Å². The van der Waals surface area contributed by atoms with E-state index in [4.69, 9.17) is 10.5 Å². The molecule has 5 heteroatoms. The number of nitrogens with one attached hydrogen (secondary N) is 1. The zero-order chi connectivity index (χ0) is 16.7. The number of primary amides is 1. The summed E-state index contributed by atoms with van der Waals surface area (Å²) in [5.74, 6) is 0.352. The lowest BCUT2D eigenvalue weighted by Gasteiger charge is -2.25. The number of nitrogens with two attached hydrogens (primary N) is 1. The van der Waals surface area contributed by atoms with Gasteiger partial charge in [-0.2, -0.15) is 0 Å². The van der Waals surface area contributed by atoms with E-state index in [1.807, 2.05) is 42.5 Å². The molecule has 1 amide bonds. The molecule has 5 nitrogen and oxygen atoms in total. The highest BCUT2D eigenvalue weighted by molar-refractivity contribution is 5.76. The molecule has 0 aliphatic carbocycles. The Bertz CT molecular complexity index is 624. The fourth-order valence-electron chi connectivity index (χ4n) is 2.23.